The Balaban J connectivity index is 1.36. The second-order valence-corrected chi connectivity index (χ2v) is 11.8. The highest BCUT2D eigenvalue weighted by atomic mass is 32.1. The Hall–Kier alpha value is -5.65. The molecule has 206 valence electrons. The lowest BCUT2D eigenvalue weighted by molar-refractivity contribution is 0.669. The highest BCUT2D eigenvalue weighted by Gasteiger charge is 2.20. The van der Waals surface area contributed by atoms with Gasteiger partial charge >= 0.3 is 0 Å². The molecule has 3 heterocycles. The Kier molecular flexibility index (Phi) is 5.64. The Morgan fingerprint density at radius 3 is 1.84 bits per heavy atom. The summed E-state index contributed by atoms with van der Waals surface area (Å²) in [5.41, 5.74) is 6.70. The van der Waals surface area contributed by atoms with Crippen molar-refractivity contribution in [2.45, 2.75) is 0 Å². The molecule has 0 fully saturated rings. The van der Waals surface area contributed by atoms with Crippen LogP contribution in [-0.2, 0) is 0 Å². The number of thiophene rings is 1. The zero-order valence-electron chi connectivity index (χ0n) is 23.4. The third-order valence-corrected chi connectivity index (χ3v) is 9.40. The van der Waals surface area contributed by atoms with Gasteiger partial charge in [0.15, 0.2) is 17.5 Å². The average molecular weight is 582 g/mol. The van der Waals surface area contributed by atoms with Crippen molar-refractivity contribution in [2.24, 2.45) is 0 Å². The third-order valence-electron chi connectivity index (χ3n) is 8.18. The number of benzene rings is 6. The van der Waals surface area contributed by atoms with E-state index in [0.717, 1.165) is 49.8 Å². The number of para-hydroxylation sites is 1. The molecular weight excluding hydrogens is 559 g/mol. The zero-order chi connectivity index (χ0) is 29.0. The van der Waals surface area contributed by atoms with Crippen molar-refractivity contribution in [1.29, 1.82) is 0 Å². The first-order valence-electron chi connectivity index (χ1n) is 14.5. The predicted molar refractivity (Wildman–Crippen MR) is 182 cm³/mol. The van der Waals surface area contributed by atoms with E-state index >= 15 is 0 Å². The first-order chi connectivity index (χ1) is 21.8. The molecule has 0 spiro atoms. The van der Waals surface area contributed by atoms with Crippen molar-refractivity contribution in [3.05, 3.63) is 140 Å². The summed E-state index contributed by atoms with van der Waals surface area (Å²) in [4.78, 5) is 15.6. The predicted octanol–water partition coefficient (Wildman–Crippen LogP) is 10.8. The van der Waals surface area contributed by atoms with Crippen LogP contribution >= 0.6 is 11.3 Å². The molecule has 0 aliphatic heterocycles. The van der Waals surface area contributed by atoms with Crippen LogP contribution in [0.25, 0.3) is 87.4 Å². The molecule has 0 aliphatic carbocycles. The smallest absolute Gasteiger partial charge is 0.165 e. The van der Waals surface area contributed by atoms with Crippen molar-refractivity contribution >= 4 is 53.4 Å². The van der Waals surface area contributed by atoms with Gasteiger partial charge in [0, 0.05) is 47.6 Å². The molecular formula is C39H23N3OS. The second kappa shape index (κ2) is 9.97. The number of nitrogens with zero attached hydrogens (tertiary/aromatic N) is 3. The normalized spacial score (nSPS) is 11.6. The monoisotopic (exact) mass is 581 g/mol. The molecule has 0 amide bonds. The number of rotatable bonds is 4. The van der Waals surface area contributed by atoms with Gasteiger partial charge in [0.25, 0.3) is 0 Å². The summed E-state index contributed by atoms with van der Waals surface area (Å²) in [5.74, 6) is 1.89. The quantitative estimate of drug-likeness (QED) is 0.207. The molecule has 0 saturated heterocycles. The molecule has 4 nitrogen and oxygen atoms in total. The summed E-state index contributed by atoms with van der Waals surface area (Å²) >= 11 is 1.78. The van der Waals surface area contributed by atoms with Crippen LogP contribution in [0.5, 0.6) is 0 Å². The van der Waals surface area contributed by atoms with Crippen LogP contribution < -0.4 is 0 Å². The minimum Gasteiger partial charge on any atom is -0.456 e. The van der Waals surface area contributed by atoms with Crippen molar-refractivity contribution in [2.75, 3.05) is 0 Å². The van der Waals surface area contributed by atoms with Crippen LogP contribution in [0.4, 0.5) is 0 Å². The van der Waals surface area contributed by atoms with Crippen LogP contribution in [0.15, 0.2) is 144 Å². The molecule has 0 saturated carbocycles. The maximum absolute atomic E-state index is 6.24. The fourth-order valence-corrected chi connectivity index (χ4v) is 7.38. The first kappa shape index (κ1) is 24.9. The molecule has 9 rings (SSSR count). The van der Waals surface area contributed by atoms with Crippen LogP contribution in [0.2, 0.25) is 0 Å². The fraction of sp³-hybridized carbons (Fsp3) is 0. The standard InChI is InChI=1S/C39H23N3OS/c1-2-12-24(13-3-1)25-14-4-5-16-28(25)37-40-38(30-19-11-22-33-35(30)29-17-6-8-21-32(29)43-33)42-39(41-37)31-20-10-18-27-26-15-7-9-23-34(26)44-36(27)31/h1-23H. The van der Waals surface area contributed by atoms with E-state index in [4.69, 9.17) is 19.4 Å². The molecule has 9 aromatic rings. The summed E-state index contributed by atoms with van der Waals surface area (Å²) in [7, 11) is 0. The number of furan rings is 1. The Bertz CT molecular complexity index is 2510. The molecule has 6 aromatic carbocycles. The lowest BCUT2D eigenvalue weighted by Gasteiger charge is -2.12. The number of fused-ring (bicyclic) bond motifs is 6. The van der Waals surface area contributed by atoms with E-state index in [0.29, 0.717) is 17.5 Å². The van der Waals surface area contributed by atoms with E-state index in [1.807, 2.05) is 42.5 Å². The van der Waals surface area contributed by atoms with Gasteiger partial charge in [-0.3, -0.25) is 0 Å². The average Bonchev–Trinajstić information content (AvgIpc) is 3.67. The van der Waals surface area contributed by atoms with Gasteiger partial charge < -0.3 is 4.42 Å². The maximum Gasteiger partial charge on any atom is 0.165 e. The van der Waals surface area contributed by atoms with Gasteiger partial charge in [-0.2, -0.15) is 0 Å². The van der Waals surface area contributed by atoms with Gasteiger partial charge in [-0.1, -0.05) is 115 Å². The second-order valence-electron chi connectivity index (χ2n) is 10.8. The highest BCUT2D eigenvalue weighted by molar-refractivity contribution is 7.26. The van der Waals surface area contributed by atoms with Crippen molar-refractivity contribution < 1.29 is 4.42 Å². The minimum absolute atomic E-state index is 0.614. The largest absolute Gasteiger partial charge is 0.456 e. The van der Waals surface area contributed by atoms with Crippen molar-refractivity contribution in [3.63, 3.8) is 0 Å². The summed E-state index contributed by atoms with van der Waals surface area (Å²) in [6, 6.07) is 47.9. The first-order valence-corrected chi connectivity index (χ1v) is 15.4. The summed E-state index contributed by atoms with van der Waals surface area (Å²) in [6.45, 7) is 0. The Labute approximate surface area is 256 Å². The van der Waals surface area contributed by atoms with Gasteiger partial charge in [0.1, 0.15) is 11.2 Å². The molecule has 0 atom stereocenters. The van der Waals surface area contributed by atoms with Gasteiger partial charge in [0.05, 0.1) is 0 Å². The van der Waals surface area contributed by atoms with Gasteiger partial charge in [-0.15, -0.1) is 11.3 Å². The molecule has 3 aromatic heterocycles. The maximum atomic E-state index is 6.24. The lowest BCUT2D eigenvalue weighted by Crippen LogP contribution is -2.01. The number of aromatic nitrogens is 3. The Morgan fingerprint density at radius 1 is 0.409 bits per heavy atom. The lowest BCUT2D eigenvalue weighted by atomic mass is 9.99. The number of hydrogen-bond donors (Lipinski definition) is 0. The summed E-state index contributed by atoms with van der Waals surface area (Å²) in [6.07, 6.45) is 0. The highest BCUT2D eigenvalue weighted by Crippen LogP contribution is 2.41. The van der Waals surface area contributed by atoms with Gasteiger partial charge in [0.2, 0.25) is 0 Å². The molecule has 44 heavy (non-hydrogen) atoms. The third kappa shape index (κ3) is 3.94. The summed E-state index contributed by atoms with van der Waals surface area (Å²) < 4.78 is 8.65. The van der Waals surface area contributed by atoms with Crippen LogP contribution in [0, 0.1) is 0 Å². The molecule has 0 unspecified atom stereocenters. The van der Waals surface area contributed by atoms with E-state index in [1.165, 1.54) is 20.2 Å². The summed E-state index contributed by atoms with van der Waals surface area (Å²) in [5, 5.41) is 4.49. The van der Waals surface area contributed by atoms with Crippen molar-refractivity contribution in [3.8, 4) is 45.3 Å². The van der Waals surface area contributed by atoms with Crippen molar-refractivity contribution in [1.82, 2.24) is 15.0 Å². The molecule has 0 N–H and O–H groups in total. The fourth-order valence-electron chi connectivity index (χ4n) is 6.17. The zero-order valence-corrected chi connectivity index (χ0v) is 24.3. The van der Waals surface area contributed by atoms with E-state index in [9.17, 15) is 0 Å². The SMILES string of the molecule is c1ccc(-c2ccccc2-c2nc(-c3cccc4c3sc3ccccc34)nc(-c3cccc4oc5ccccc5c34)n2)cc1. The topological polar surface area (TPSA) is 51.8 Å². The molecule has 0 bridgehead atoms. The number of hydrogen-bond acceptors (Lipinski definition) is 5. The van der Waals surface area contributed by atoms with E-state index in [2.05, 4.69) is 97.1 Å². The molecule has 5 heteroatoms. The van der Waals surface area contributed by atoms with Gasteiger partial charge in [-0.05, 0) is 35.4 Å². The Morgan fingerprint density at radius 2 is 0.977 bits per heavy atom. The van der Waals surface area contributed by atoms with Gasteiger partial charge in [-0.25, -0.2) is 15.0 Å². The van der Waals surface area contributed by atoms with Crippen LogP contribution in [-0.4, -0.2) is 15.0 Å². The van der Waals surface area contributed by atoms with E-state index < -0.39 is 0 Å². The molecule has 0 aliphatic rings. The minimum atomic E-state index is 0.614. The van der Waals surface area contributed by atoms with Crippen LogP contribution in [0.3, 0.4) is 0 Å². The molecule has 0 radical (unpaired) electrons. The van der Waals surface area contributed by atoms with Crippen LogP contribution in [0.1, 0.15) is 0 Å². The van der Waals surface area contributed by atoms with E-state index in [-0.39, 0.29) is 0 Å². The van der Waals surface area contributed by atoms with E-state index in [1.54, 1.807) is 11.3 Å².